The van der Waals surface area contributed by atoms with Crippen LogP contribution in [0.5, 0.6) is 5.75 Å². The van der Waals surface area contributed by atoms with Gasteiger partial charge in [-0.25, -0.2) is 0 Å². The second kappa shape index (κ2) is 10.7. The maximum atomic E-state index is 13.0. The van der Waals surface area contributed by atoms with Gasteiger partial charge in [-0.15, -0.1) is 0 Å². The zero-order valence-corrected chi connectivity index (χ0v) is 19.3. The molecule has 1 saturated heterocycles. The van der Waals surface area contributed by atoms with Crippen LogP contribution in [0.1, 0.15) is 28.8 Å². The second-order valence-corrected chi connectivity index (χ2v) is 8.21. The Bertz CT molecular complexity index is 1250. The highest BCUT2D eigenvalue weighted by Crippen LogP contribution is 2.23. The van der Waals surface area contributed by atoms with Gasteiger partial charge >= 0.3 is 0 Å². The lowest BCUT2D eigenvalue weighted by Gasteiger charge is -2.22. The first-order chi connectivity index (χ1) is 16.6. The molecule has 4 rings (SSSR count). The maximum Gasteiger partial charge on any atom is 0.257 e. The van der Waals surface area contributed by atoms with Crippen molar-refractivity contribution in [2.75, 3.05) is 33.3 Å². The Labute approximate surface area is 199 Å². The lowest BCUT2D eigenvalue weighted by atomic mass is 10.1. The number of para-hydroxylation sites is 2. The molecule has 0 aliphatic carbocycles. The van der Waals surface area contributed by atoms with Gasteiger partial charge in [0.2, 0.25) is 5.91 Å². The first-order valence-electron chi connectivity index (χ1n) is 11.5. The smallest absolute Gasteiger partial charge is 0.257 e. The van der Waals surface area contributed by atoms with Gasteiger partial charge in [0.25, 0.3) is 5.91 Å². The van der Waals surface area contributed by atoms with Gasteiger partial charge in [0.1, 0.15) is 5.75 Å². The van der Waals surface area contributed by atoms with Crippen molar-refractivity contribution in [2.24, 2.45) is 0 Å². The van der Waals surface area contributed by atoms with Crippen LogP contribution in [0.25, 0.3) is 17.0 Å². The Morgan fingerprint density at radius 1 is 1.03 bits per heavy atom. The molecule has 2 aromatic carbocycles. The van der Waals surface area contributed by atoms with Crippen LogP contribution in [0.2, 0.25) is 0 Å². The highest BCUT2D eigenvalue weighted by molar-refractivity contribution is 5.98. The van der Waals surface area contributed by atoms with Gasteiger partial charge in [0.15, 0.2) is 0 Å². The van der Waals surface area contributed by atoms with Crippen molar-refractivity contribution in [3.05, 3.63) is 71.9 Å². The number of nitriles is 1. The maximum absolute atomic E-state index is 13.0. The summed E-state index contributed by atoms with van der Waals surface area (Å²) in [6.45, 7) is 2.76. The zero-order valence-electron chi connectivity index (χ0n) is 19.3. The molecule has 7 nitrogen and oxygen atoms in total. The van der Waals surface area contributed by atoms with Crippen LogP contribution in [0.3, 0.4) is 0 Å². The molecule has 7 heteroatoms. The first-order valence-corrected chi connectivity index (χ1v) is 11.5. The number of rotatable bonds is 6. The lowest BCUT2D eigenvalue weighted by molar-refractivity contribution is -0.125. The molecule has 1 fully saturated rings. The fourth-order valence-corrected chi connectivity index (χ4v) is 4.36. The third-order valence-corrected chi connectivity index (χ3v) is 6.12. The van der Waals surface area contributed by atoms with Gasteiger partial charge in [-0.1, -0.05) is 30.3 Å². The predicted molar refractivity (Wildman–Crippen MR) is 131 cm³/mol. The van der Waals surface area contributed by atoms with Crippen LogP contribution in [0.4, 0.5) is 0 Å². The fraction of sp³-hybridized carbons (Fsp3) is 0.296. The van der Waals surface area contributed by atoms with E-state index in [1.54, 1.807) is 35.1 Å². The second-order valence-electron chi connectivity index (χ2n) is 8.21. The molecule has 0 N–H and O–H groups in total. The van der Waals surface area contributed by atoms with E-state index in [9.17, 15) is 9.59 Å². The van der Waals surface area contributed by atoms with Crippen molar-refractivity contribution in [3.8, 4) is 11.8 Å². The van der Waals surface area contributed by atoms with E-state index in [0.29, 0.717) is 56.9 Å². The molecular formula is C27H28N4O3. The average molecular weight is 457 g/mol. The summed E-state index contributed by atoms with van der Waals surface area (Å²) in [6.07, 6.45) is 6.58. The molecule has 0 radical (unpaired) electrons. The van der Waals surface area contributed by atoms with Crippen LogP contribution in [0.15, 0.2) is 60.8 Å². The van der Waals surface area contributed by atoms with Gasteiger partial charge in [-0.3, -0.25) is 9.59 Å². The third-order valence-electron chi connectivity index (χ3n) is 6.12. The van der Waals surface area contributed by atoms with Crippen molar-refractivity contribution >= 4 is 28.8 Å². The van der Waals surface area contributed by atoms with E-state index in [0.717, 1.165) is 16.5 Å². The van der Waals surface area contributed by atoms with E-state index in [1.165, 1.54) is 0 Å². The highest BCUT2D eigenvalue weighted by Gasteiger charge is 2.23. The summed E-state index contributed by atoms with van der Waals surface area (Å²) in [5.74, 6) is 0.412. The minimum absolute atomic E-state index is 0.0690. The van der Waals surface area contributed by atoms with Crippen molar-refractivity contribution < 1.29 is 14.3 Å². The molecule has 0 spiro atoms. The summed E-state index contributed by atoms with van der Waals surface area (Å²) < 4.78 is 7.39. The van der Waals surface area contributed by atoms with E-state index in [-0.39, 0.29) is 11.8 Å². The summed E-state index contributed by atoms with van der Waals surface area (Å²) in [6, 6.07) is 17.4. The molecule has 1 aromatic heterocycles. The summed E-state index contributed by atoms with van der Waals surface area (Å²) in [7, 11) is 1.56. The number of ether oxygens (including phenoxy) is 1. The van der Waals surface area contributed by atoms with Crippen molar-refractivity contribution in [3.63, 3.8) is 0 Å². The van der Waals surface area contributed by atoms with Crippen LogP contribution in [-0.4, -0.2) is 59.5 Å². The first kappa shape index (κ1) is 23.1. The van der Waals surface area contributed by atoms with Crippen LogP contribution >= 0.6 is 0 Å². The minimum Gasteiger partial charge on any atom is -0.496 e. The van der Waals surface area contributed by atoms with Crippen LogP contribution < -0.4 is 4.74 Å². The molecule has 2 heterocycles. The number of nitrogens with zero attached hydrogens (tertiary/aromatic N) is 4. The molecule has 34 heavy (non-hydrogen) atoms. The molecule has 3 aromatic rings. The van der Waals surface area contributed by atoms with E-state index in [2.05, 4.69) is 10.6 Å². The number of benzene rings is 2. The Kier molecular flexibility index (Phi) is 7.28. The molecule has 0 bridgehead atoms. The minimum atomic E-state index is -0.0764. The average Bonchev–Trinajstić information content (AvgIpc) is 3.04. The predicted octanol–water partition coefficient (Wildman–Crippen LogP) is 3.95. The van der Waals surface area contributed by atoms with E-state index in [4.69, 9.17) is 10.00 Å². The Balaban J connectivity index is 1.44. The Hall–Kier alpha value is -4.05. The number of carbonyl (C=O) groups is 2. The zero-order chi connectivity index (χ0) is 23.9. The van der Waals surface area contributed by atoms with Gasteiger partial charge in [0.05, 0.1) is 25.2 Å². The summed E-state index contributed by atoms with van der Waals surface area (Å²) >= 11 is 0. The van der Waals surface area contributed by atoms with Gasteiger partial charge in [-0.2, -0.15) is 5.26 Å². The fourth-order valence-electron chi connectivity index (χ4n) is 4.36. The quantitative estimate of drug-likeness (QED) is 0.526. The van der Waals surface area contributed by atoms with E-state index >= 15 is 0 Å². The summed E-state index contributed by atoms with van der Waals surface area (Å²) in [5.41, 5.74) is 2.53. The molecule has 1 aliphatic heterocycles. The van der Waals surface area contributed by atoms with Crippen LogP contribution in [0, 0.1) is 11.3 Å². The lowest BCUT2D eigenvalue weighted by Crippen LogP contribution is -2.36. The number of hydrogen-bond acceptors (Lipinski definition) is 4. The molecule has 0 saturated carbocycles. The number of aryl methyl sites for hydroxylation is 1. The summed E-state index contributed by atoms with van der Waals surface area (Å²) in [5, 5.41) is 9.99. The number of hydrogen-bond donors (Lipinski definition) is 0. The Morgan fingerprint density at radius 3 is 2.59 bits per heavy atom. The van der Waals surface area contributed by atoms with E-state index < -0.39 is 0 Å². The van der Waals surface area contributed by atoms with Crippen molar-refractivity contribution in [1.29, 1.82) is 5.26 Å². The molecule has 0 unspecified atom stereocenters. The Morgan fingerprint density at radius 2 is 1.76 bits per heavy atom. The number of fused-ring (bicyclic) bond motifs is 1. The topological polar surface area (TPSA) is 78.6 Å². The van der Waals surface area contributed by atoms with E-state index in [1.807, 2.05) is 48.7 Å². The van der Waals surface area contributed by atoms with Crippen molar-refractivity contribution in [2.45, 2.75) is 19.4 Å². The highest BCUT2D eigenvalue weighted by atomic mass is 16.5. The largest absolute Gasteiger partial charge is 0.496 e. The SMILES string of the molecule is COc1ccccc1C(=O)N1CCCN(C(=O)/C=C/c2cn(CCC#N)c3ccccc23)CC1. The van der Waals surface area contributed by atoms with Gasteiger partial charge < -0.3 is 19.1 Å². The van der Waals surface area contributed by atoms with Crippen molar-refractivity contribution in [1.82, 2.24) is 14.4 Å². The number of amides is 2. The molecule has 0 atom stereocenters. The number of carbonyl (C=O) groups excluding carboxylic acids is 2. The third kappa shape index (κ3) is 4.96. The molecule has 174 valence electrons. The number of aromatic nitrogens is 1. The molecule has 2 amide bonds. The van der Waals surface area contributed by atoms with Crippen LogP contribution in [-0.2, 0) is 11.3 Å². The molecule has 1 aliphatic rings. The standard InChI is InChI=1S/C27H28N4O3/c1-34-25-11-5-3-9-23(25)27(33)30-17-7-16-29(18-19-30)26(32)13-12-21-20-31(15-6-14-28)24-10-4-2-8-22(21)24/h2-5,8-13,20H,6-7,15-19H2,1H3/b13-12+. The molecular weight excluding hydrogens is 428 g/mol. The van der Waals surface area contributed by atoms with Gasteiger partial charge in [-0.05, 0) is 30.7 Å². The van der Waals surface area contributed by atoms with Gasteiger partial charge in [0, 0.05) is 61.5 Å². The normalized spacial score (nSPS) is 14.2. The summed E-state index contributed by atoms with van der Waals surface area (Å²) in [4.78, 5) is 29.6. The monoisotopic (exact) mass is 456 g/mol. The number of methoxy groups -OCH3 is 1.